The van der Waals surface area contributed by atoms with Crippen LogP contribution in [0.2, 0.25) is 0 Å². The molecule has 0 saturated heterocycles. The molecule has 1 fully saturated rings. The number of carbonyl (C=O) groups is 1. The van der Waals surface area contributed by atoms with Crippen LogP contribution in [0.4, 0.5) is 0 Å². The highest BCUT2D eigenvalue weighted by atomic mass is 32.2. The first-order valence-corrected chi connectivity index (χ1v) is 9.31. The number of aromatic nitrogens is 1. The van der Waals surface area contributed by atoms with E-state index >= 15 is 0 Å². The van der Waals surface area contributed by atoms with Gasteiger partial charge in [-0.25, -0.2) is 13.2 Å². The Morgan fingerprint density at radius 3 is 2.71 bits per heavy atom. The van der Waals surface area contributed by atoms with Gasteiger partial charge in [0.25, 0.3) is 0 Å². The Morgan fingerprint density at radius 2 is 2.10 bits per heavy atom. The van der Waals surface area contributed by atoms with E-state index in [4.69, 9.17) is 4.74 Å². The smallest absolute Gasteiger partial charge is 0.355 e. The van der Waals surface area contributed by atoms with Crippen molar-refractivity contribution in [1.82, 2.24) is 4.57 Å². The van der Waals surface area contributed by atoms with Gasteiger partial charge in [-0.05, 0) is 45.2 Å². The van der Waals surface area contributed by atoms with Gasteiger partial charge in [0, 0.05) is 24.9 Å². The molecule has 0 N–H and O–H groups in total. The zero-order chi connectivity index (χ0) is 15.6. The van der Waals surface area contributed by atoms with Gasteiger partial charge in [-0.1, -0.05) is 0 Å². The van der Waals surface area contributed by atoms with Gasteiger partial charge >= 0.3 is 5.97 Å². The molecule has 2 rings (SSSR count). The molecule has 0 radical (unpaired) electrons. The average molecular weight is 313 g/mol. The quantitative estimate of drug-likeness (QED) is 0.801. The van der Waals surface area contributed by atoms with E-state index in [9.17, 15) is 13.2 Å². The van der Waals surface area contributed by atoms with E-state index < -0.39 is 9.84 Å². The highest BCUT2D eigenvalue weighted by molar-refractivity contribution is 7.91. The first-order chi connectivity index (χ1) is 9.79. The molecule has 0 aromatic carbocycles. The van der Waals surface area contributed by atoms with Crippen molar-refractivity contribution in [3.63, 3.8) is 0 Å². The van der Waals surface area contributed by atoms with Crippen LogP contribution in [0.25, 0.3) is 0 Å². The molecule has 0 unspecified atom stereocenters. The van der Waals surface area contributed by atoms with E-state index in [1.807, 2.05) is 30.7 Å². The minimum Gasteiger partial charge on any atom is -0.458 e. The molecule has 5 nitrogen and oxygen atoms in total. The number of rotatable bonds is 4. The molecule has 118 valence electrons. The van der Waals surface area contributed by atoms with Crippen molar-refractivity contribution >= 4 is 15.8 Å². The number of sulfone groups is 1. The maximum absolute atomic E-state index is 12.3. The van der Waals surface area contributed by atoms with Crippen molar-refractivity contribution in [2.75, 3.05) is 6.26 Å². The molecular formula is C15H23NO4S. The third-order valence-corrected chi connectivity index (χ3v) is 5.64. The fourth-order valence-corrected chi connectivity index (χ4v) is 3.99. The SMILES string of the molecule is CC(C)n1cccc1C(=O)O[C@H]1CCC[C@@H](S(C)(=O)=O)C1. The van der Waals surface area contributed by atoms with E-state index in [1.54, 1.807) is 6.07 Å². The molecule has 0 aliphatic heterocycles. The minimum atomic E-state index is -3.07. The van der Waals surface area contributed by atoms with Crippen molar-refractivity contribution in [2.45, 2.75) is 56.9 Å². The van der Waals surface area contributed by atoms with Gasteiger partial charge in [0.2, 0.25) is 0 Å². The first-order valence-electron chi connectivity index (χ1n) is 7.35. The summed E-state index contributed by atoms with van der Waals surface area (Å²) in [5.41, 5.74) is 0.520. The predicted octanol–water partition coefficient (Wildman–Crippen LogP) is 2.58. The lowest BCUT2D eigenvalue weighted by atomic mass is 9.97. The van der Waals surface area contributed by atoms with Crippen molar-refractivity contribution in [3.8, 4) is 0 Å². The second kappa shape index (κ2) is 6.22. The van der Waals surface area contributed by atoms with Gasteiger partial charge in [0.05, 0.1) is 5.25 Å². The minimum absolute atomic E-state index is 0.178. The van der Waals surface area contributed by atoms with E-state index in [-0.39, 0.29) is 23.4 Å². The molecule has 1 aliphatic rings. The maximum Gasteiger partial charge on any atom is 0.355 e. The van der Waals surface area contributed by atoms with Crippen LogP contribution in [0, 0.1) is 0 Å². The van der Waals surface area contributed by atoms with Gasteiger partial charge in [0.15, 0.2) is 0 Å². The number of nitrogens with zero attached hydrogens (tertiary/aromatic N) is 1. The van der Waals surface area contributed by atoms with Crippen LogP contribution in [0.5, 0.6) is 0 Å². The molecule has 1 heterocycles. The number of carbonyl (C=O) groups excluding carboxylic acids is 1. The second-order valence-electron chi connectivity index (χ2n) is 6.04. The fraction of sp³-hybridized carbons (Fsp3) is 0.667. The summed E-state index contributed by atoms with van der Waals surface area (Å²) in [5.74, 6) is -0.368. The topological polar surface area (TPSA) is 65.4 Å². The molecule has 1 saturated carbocycles. The largest absolute Gasteiger partial charge is 0.458 e. The van der Waals surface area contributed by atoms with Gasteiger partial charge in [-0.15, -0.1) is 0 Å². The summed E-state index contributed by atoms with van der Waals surface area (Å²) in [6.07, 6.45) is 5.39. The molecule has 0 spiro atoms. The lowest BCUT2D eigenvalue weighted by Crippen LogP contribution is -2.33. The number of esters is 1. The monoisotopic (exact) mass is 313 g/mol. The summed E-state index contributed by atoms with van der Waals surface area (Å²) in [6, 6.07) is 3.73. The molecule has 0 amide bonds. The summed E-state index contributed by atoms with van der Waals surface area (Å²) in [7, 11) is -3.07. The van der Waals surface area contributed by atoms with Crippen LogP contribution < -0.4 is 0 Å². The molecule has 21 heavy (non-hydrogen) atoms. The molecule has 1 aromatic rings. The lowest BCUT2D eigenvalue weighted by Gasteiger charge is -2.28. The summed E-state index contributed by atoms with van der Waals surface area (Å²) < 4.78 is 30.7. The Morgan fingerprint density at radius 1 is 1.38 bits per heavy atom. The summed E-state index contributed by atoms with van der Waals surface area (Å²) >= 11 is 0. The normalized spacial score (nSPS) is 23.2. The average Bonchev–Trinajstić information content (AvgIpc) is 2.87. The molecule has 6 heteroatoms. The molecule has 0 bridgehead atoms. The van der Waals surface area contributed by atoms with Gasteiger partial charge in [0.1, 0.15) is 21.6 Å². The van der Waals surface area contributed by atoms with Crippen molar-refractivity contribution in [3.05, 3.63) is 24.0 Å². The van der Waals surface area contributed by atoms with Crippen molar-refractivity contribution in [1.29, 1.82) is 0 Å². The summed E-state index contributed by atoms with van der Waals surface area (Å²) in [6.45, 7) is 3.99. The zero-order valence-electron chi connectivity index (χ0n) is 12.8. The highest BCUT2D eigenvalue weighted by Crippen LogP contribution is 2.26. The van der Waals surface area contributed by atoms with Crippen LogP contribution in [-0.4, -0.2) is 36.6 Å². The fourth-order valence-electron chi connectivity index (χ4n) is 2.83. The Bertz CT molecular complexity index is 603. The van der Waals surface area contributed by atoms with Gasteiger partial charge < -0.3 is 9.30 Å². The van der Waals surface area contributed by atoms with Crippen molar-refractivity contribution < 1.29 is 17.9 Å². The van der Waals surface area contributed by atoms with E-state index in [0.29, 0.717) is 18.5 Å². The number of ether oxygens (including phenoxy) is 1. The lowest BCUT2D eigenvalue weighted by molar-refractivity contribution is 0.0201. The molecular weight excluding hydrogens is 290 g/mol. The maximum atomic E-state index is 12.3. The summed E-state index contributed by atoms with van der Waals surface area (Å²) in [5, 5.41) is -0.388. The Hall–Kier alpha value is -1.30. The molecule has 2 atom stereocenters. The van der Waals surface area contributed by atoms with E-state index in [2.05, 4.69) is 0 Å². The molecule has 1 aromatic heterocycles. The Balaban J connectivity index is 2.04. The third-order valence-electron chi connectivity index (χ3n) is 4.00. The van der Waals surface area contributed by atoms with Gasteiger partial charge in [-0.3, -0.25) is 0 Å². The highest BCUT2D eigenvalue weighted by Gasteiger charge is 2.31. The Kier molecular flexibility index (Phi) is 4.76. The van der Waals surface area contributed by atoms with Crippen LogP contribution in [0.15, 0.2) is 18.3 Å². The molecule has 1 aliphatic carbocycles. The van der Waals surface area contributed by atoms with Crippen LogP contribution in [0.3, 0.4) is 0 Å². The number of hydrogen-bond acceptors (Lipinski definition) is 4. The van der Waals surface area contributed by atoms with Crippen molar-refractivity contribution in [2.24, 2.45) is 0 Å². The third kappa shape index (κ3) is 3.87. The first kappa shape index (κ1) is 16.1. The second-order valence-corrected chi connectivity index (χ2v) is 8.37. The zero-order valence-corrected chi connectivity index (χ0v) is 13.6. The standard InChI is InChI=1S/C15H23NO4S/c1-11(2)16-9-5-8-14(16)15(17)20-12-6-4-7-13(10-12)21(3,18)19/h5,8-9,11-13H,4,6-7,10H2,1-3H3/t12-,13+/m0/s1. The summed E-state index contributed by atoms with van der Waals surface area (Å²) in [4.78, 5) is 12.3. The van der Waals surface area contributed by atoms with Crippen LogP contribution in [0.1, 0.15) is 56.1 Å². The Labute approximate surface area is 126 Å². The van der Waals surface area contributed by atoms with E-state index in [0.717, 1.165) is 12.8 Å². The van der Waals surface area contributed by atoms with E-state index in [1.165, 1.54) is 6.26 Å². The number of hydrogen-bond donors (Lipinski definition) is 0. The van der Waals surface area contributed by atoms with Crippen LogP contribution >= 0.6 is 0 Å². The van der Waals surface area contributed by atoms with Crippen LogP contribution in [-0.2, 0) is 14.6 Å². The van der Waals surface area contributed by atoms with Gasteiger partial charge in [-0.2, -0.15) is 0 Å². The predicted molar refractivity (Wildman–Crippen MR) is 81.1 cm³/mol.